The van der Waals surface area contributed by atoms with Crippen molar-refractivity contribution in [3.8, 4) is 0 Å². The largest absolute Gasteiger partial charge is 0.332 e. The van der Waals surface area contributed by atoms with Crippen molar-refractivity contribution in [3.63, 3.8) is 0 Å². The second-order valence-corrected chi connectivity index (χ2v) is 4.41. The molecule has 0 radical (unpaired) electrons. The van der Waals surface area contributed by atoms with Gasteiger partial charge in [0.25, 0.3) is 5.92 Å². The first kappa shape index (κ1) is 12.5. The third-order valence-corrected chi connectivity index (χ3v) is 2.93. The molecule has 20 heavy (non-hydrogen) atoms. The Hall–Kier alpha value is -2.52. The van der Waals surface area contributed by atoms with Gasteiger partial charge in [-0.2, -0.15) is 15.4 Å². The summed E-state index contributed by atoms with van der Waals surface area (Å²) in [6, 6.07) is 0.173. The number of rotatable bonds is 4. The van der Waals surface area contributed by atoms with Crippen LogP contribution in [0, 0.1) is 0 Å². The minimum Gasteiger partial charge on any atom is -0.332 e. The average Bonchev–Trinajstić information content (AvgIpc) is 2.82. The number of carbonyl (C=O) groups is 1. The normalized spacial score (nSPS) is 19.6. The highest BCUT2D eigenvalue weighted by atomic mass is 19.3. The fourth-order valence-electron chi connectivity index (χ4n) is 1.82. The molecule has 2 amide bonds. The van der Waals surface area contributed by atoms with E-state index in [0.717, 1.165) is 0 Å². The van der Waals surface area contributed by atoms with Crippen LogP contribution in [0.2, 0.25) is 0 Å². The summed E-state index contributed by atoms with van der Waals surface area (Å²) in [5, 5.41) is 18.4. The number of amides is 2. The van der Waals surface area contributed by atoms with Crippen LogP contribution in [0.3, 0.4) is 0 Å². The minimum absolute atomic E-state index is 0.0935. The van der Waals surface area contributed by atoms with Gasteiger partial charge in [0.05, 0.1) is 18.4 Å². The maximum atomic E-state index is 13.0. The molecule has 0 saturated heterocycles. The van der Waals surface area contributed by atoms with Crippen LogP contribution < -0.4 is 10.6 Å². The molecule has 2 heterocycles. The monoisotopic (exact) mass is 283 g/mol. The SMILES string of the molecule is O=C(NCc1ccnn1C1CC1(F)F)Nc1cn[nH]n1. The third kappa shape index (κ3) is 2.44. The lowest BCUT2D eigenvalue weighted by Gasteiger charge is -2.08. The maximum Gasteiger partial charge on any atom is 0.320 e. The molecular formula is C10H11F2N7O. The number of alkyl halides is 2. The topological polar surface area (TPSA) is 101 Å². The third-order valence-electron chi connectivity index (χ3n) is 2.93. The van der Waals surface area contributed by atoms with Gasteiger partial charge in [0, 0.05) is 12.6 Å². The molecule has 0 spiro atoms. The van der Waals surface area contributed by atoms with Gasteiger partial charge in [0.15, 0.2) is 5.82 Å². The highest BCUT2D eigenvalue weighted by Crippen LogP contribution is 2.52. The fraction of sp³-hybridized carbons (Fsp3) is 0.400. The predicted octanol–water partition coefficient (Wildman–Crippen LogP) is 0.903. The highest BCUT2D eigenvalue weighted by molar-refractivity contribution is 5.87. The van der Waals surface area contributed by atoms with E-state index in [9.17, 15) is 13.6 Å². The van der Waals surface area contributed by atoms with E-state index >= 15 is 0 Å². The molecule has 2 aromatic rings. The standard InChI is InChI=1S/C10H11F2N7O/c11-10(12)3-7(10)19-6(1-2-15-19)4-13-9(20)16-8-5-14-18-17-8/h1-2,5,7H,3-4H2,(H3,13,14,16,17,18,20). The zero-order chi connectivity index (χ0) is 14.2. The summed E-state index contributed by atoms with van der Waals surface area (Å²) >= 11 is 0. The Morgan fingerprint density at radius 2 is 2.40 bits per heavy atom. The highest BCUT2D eigenvalue weighted by Gasteiger charge is 2.59. The van der Waals surface area contributed by atoms with Crippen LogP contribution in [0.1, 0.15) is 18.2 Å². The van der Waals surface area contributed by atoms with Crippen LogP contribution in [-0.4, -0.2) is 37.1 Å². The Morgan fingerprint density at radius 1 is 1.60 bits per heavy atom. The van der Waals surface area contributed by atoms with Crippen LogP contribution in [0.4, 0.5) is 19.4 Å². The van der Waals surface area contributed by atoms with Crippen molar-refractivity contribution in [1.82, 2.24) is 30.5 Å². The summed E-state index contributed by atoms with van der Waals surface area (Å²) in [4.78, 5) is 11.5. The molecule has 3 N–H and O–H groups in total. The molecule has 1 aliphatic carbocycles. The number of aromatic nitrogens is 5. The second kappa shape index (κ2) is 4.54. The van der Waals surface area contributed by atoms with E-state index in [1.807, 2.05) is 0 Å². The van der Waals surface area contributed by atoms with Crippen molar-refractivity contribution in [3.05, 3.63) is 24.2 Å². The van der Waals surface area contributed by atoms with Gasteiger partial charge in [-0.3, -0.25) is 10.00 Å². The Kier molecular flexibility index (Phi) is 2.84. The van der Waals surface area contributed by atoms with Crippen molar-refractivity contribution >= 4 is 11.8 Å². The quantitative estimate of drug-likeness (QED) is 0.776. The zero-order valence-corrected chi connectivity index (χ0v) is 10.2. The molecular weight excluding hydrogens is 272 g/mol. The van der Waals surface area contributed by atoms with E-state index in [-0.39, 0.29) is 18.8 Å². The molecule has 1 unspecified atom stereocenters. The molecule has 0 aromatic carbocycles. The van der Waals surface area contributed by atoms with Crippen LogP contribution in [0.15, 0.2) is 18.5 Å². The number of H-pyrrole nitrogens is 1. The van der Waals surface area contributed by atoms with E-state index in [0.29, 0.717) is 5.69 Å². The molecule has 0 aliphatic heterocycles. The average molecular weight is 283 g/mol. The van der Waals surface area contributed by atoms with E-state index in [1.54, 1.807) is 6.07 Å². The van der Waals surface area contributed by atoms with Crippen molar-refractivity contribution in [1.29, 1.82) is 0 Å². The Bertz CT molecular complexity index is 609. The van der Waals surface area contributed by atoms with Gasteiger partial charge in [-0.15, -0.1) is 5.10 Å². The van der Waals surface area contributed by atoms with Crippen molar-refractivity contribution in [2.75, 3.05) is 5.32 Å². The van der Waals surface area contributed by atoms with Gasteiger partial charge in [-0.05, 0) is 6.07 Å². The number of hydrogen-bond acceptors (Lipinski definition) is 4. The van der Waals surface area contributed by atoms with E-state index in [1.165, 1.54) is 17.1 Å². The molecule has 1 fully saturated rings. The smallest absolute Gasteiger partial charge is 0.320 e. The van der Waals surface area contributed by atoms with Gasteiger partial charge in [-0.25, -0.2) is 13.6 Å². The Morgan fingerprint density at radius 3 is 3.05 bits per heavy atom. The maximum absolute atomic E-state index is 13.0. The van der Waals surface area contributed by atoms with Gasteiger partial charge < -0.3 is 5.32 Å². The second-order valence-electron chi connectivity index (χ2n) is 4.41. The Labute approximate surface area is 111 Å². The molecule has 1 saturated carbocycles. The van der Waals surface area contributed by atoms with E-state index < -0.39 is 18.0 Å². The van der Waals surface area contributed by atoms with Gasteiger partial charge >= 0.3 is 6.03 Å². The lowest BCUT2D eigenvalue weighted by atomic mass is 10.4. The van der Waals surface area contributed by atoms with E-state index in [2.05, 4.69) is 31.1 Å². The Balaban J connectivity index is 1.57. The number of nitrogens with zero attached hydrogens (tertiary/aromatic N) is 4. The first-order chi connectivity index (χ1) is 9.56. The lowest BCUT2D eigenvalue weighted by molar-refractivity contribution is 0.0976. The van der Waals surface area contributed by atoms with E-state index in [4.69, 9.17) is 0 Å². The lowest BCUT2D eigenvalue weighted by Crippen LogP contribution is -2.29. The summed E-state index contributed by atoms with van der Waals surface area (Å²) in [5.74, 6) is -2.44. The van der Waals surface area contributed by atoms with Crippen LogP contribution in [0.25, 0.3) is 0 Å². The number of urea groups is 1. The first-order valence-corrected chi connectivity index (χ1v) is 5.87. The van der Waals surface area contributed by atoms with Crippen molar-refractivity contribution in [2.24, 2.45) is 0 Å². The number of carbonyl (C=O) groups excluding carboxylic acids is 1. The molecule has 8 nitrogen and oxygen atoms in total. The number of hydrogen-bond donors (Lipinski definition) is 3. The predicted molar refractivity (Wildman–Crippen MR) is 63.1 cm³/mol. The molecule has 1 atom stereocenters. The summed E-state index contributed by atoms with van der Waals surface area (Å²) in [7, 11) is 0. The fourth-order valence-corrected chi connectivity index (χ4v) is 1.82. The minimum atomic E-state index is -2.70. The first-order valence-electron chi connectivity index (χ1n) is 5.87. The van der Waals surface area contributed by atoms with Gasteiger partial charge in [0.1, 0.15) is 6.04 Å². The van der Waals surface area contributed by atoms with Gasteiger partial charge in [-0.1, -0.05) is 0 Å². The number of aromatic amines is 1. The summed E-state index contributed by atoms with van der Waals surface area (Å²) < 4.78 is 27.3. The van der Waals surface area contributed by atoms with Crippen LogP contribution in [-0.2, 0) is 6.54 Å². The molecule has 3 rings (SSSR count). The van der Waals surface area contributed by atoms with Crippen LogP contribution in [0.5, 0.6) is 0 Å². The van der Waals surface area contributed by atoms with Gasteiger partial charge in [0.2, 0.25) is 0 Å². The summed E-state index contributed by atoms with van der Waals surface area (Å²) in [6.07, 6.45) is 2.56. The van der Waals surface area contributed by atoms with Crippen molar-refractivity contribution in [2.45, 2.75) is 24.9 Å². The molecule has 2 aromatic heterocycles. The molecule has 1 aliphatic rings. The van der Waals surface area contributed by atoms with Crippen molar-refractivity contribution < 1.29 is 13.6 Å². The number of halogens is 2. The number of nitrogens with one attached hydrogen (secondary N) is 3. The zero-order valence-electron chi connectivity index (χ0n) is 10.2. The molecule has 10 heteroatoms. The summed E-state index contributed by atoms with van der Waals surface area (Å²) in [5.41, 5.74) is 0.516. The molecule has 0 bridgehead atoms. The molecule has 106 valence electrons. The number of anilines is 1. The summed E-state index contributed by atoms with van der Waals surface area (Å²) in [6.45, 7) is 0.0935. The van der Waals surface area contributed by atoms with Crippen LogP contribution >= 0.6 is 0 Å².